The third-order valence-electron chi connectivity index (χ3n) is 4.30. The molecule has 2 atom stereocenters. The Morgan fingerprint density at radius 2 is 1.55 bits per heavy atom. The Labute approximate surface area is 139 Å². The highest BCUT2D eigenvalue weighted by Crippen LogP contribution is 2.47. The van der Waals surface area contributed by atoms with Gasteiger partial charge in [0.15, 0.2) is 0 Å². The van der Waals surface area contributed by atoms with E-state index in [0.717, 1.165) is 25.9 Å². The van der Waals surface area contributed by atoms with E-state index in [1.807, 2.05) is 13.8 Å². The summed E-state index contributed by atoms with van der Waals surface area (Å²) >= 11 is 0. The average Bonchev–Trinajstić information content (AvgIpc) is 2.35. The van der Waals surface area contributed by atoms with Crippen LogP contribution in [0.25, 0.3) is 0 Å². The minimum Gasteiger partial charge on any atom is -0.286 e. The molecular weight excluding hydrogens is 298 g/mol. The van der Waals surface area contributed by atoms with E-state index in [1.54, 1.807) is 0 Å². The average molecular weight is 334 g/mol. The van der Waals surface area contributed by atoms with Crippen molar-refractivity contribution in [2.45, 2.75) is 68.2 Å². The first-order chi connectivity index (χ1) is 9.88. The summed E-state index contributed by atoms with van der Waals surface area (Å²) in [6, 6.07) is 0. The van der Waals surface area contributed by atoms with Crippen LogP contribution in [0.1, 0.15) is 68.2 Å². The zero-order chi connectivity index (χ0) is 17.8. The molecule has 3 nitrogen and oxygen atoms in total. The molecule has 0 amide bonds. The summed E-state index contributed by atoms with van der Waals surface area (Å²) in [6.45, 7) is 19.0. The first-order valence-electron chi connectivity index (χ1n) is 8.25. The molecule has 1 aliphatic heterocycles. The first kappa shape index (κ1) is 21.8. The van der Waals surface area contributed by atoms with Crippen molar-refractivity contribution < 1.29 is 9.47 Å². The van der Waals surface area contributed by atoms with Crippen molar-refractivity contribution in [2.24, 2.45) is 22.2 Å². The van der Waals surface area contributed by atoms with Crippen LogP contribution < -0.4 is 0 Å². The van der Waals surface area contributed by atoms with Crippen LogP contribution in [-0.4, -0.2) is 23.7 Å². The summed E-state index contributed by atoms with van der Waals surface area (Å²) in [7, 11) is 2.81. The van der Waals surface area contributed by atoms with Crippen molar-refractivity contribution >= 4 is 15.3 Å². The maximum absolute atomic E-state index is 12.6. The lowest BCUT2D eigenvalue weighted by Gasteiger charge is -2.40. The lowest BCUT2D eigenvalue weighted by molar-refractivity contribution is -0.0443. The van der Waals surface area contributed by atoms with Crippen molar-refractivity contribution in [1.29, 1.82) is 5.41 Å². The molecule has 0 aliphatic carbocycles. The summed E-state index contributed by atoms with van der Waals surface area (Å²) in [6.07, 6.45) is 1.68. The van der Waals surface area contributed by atoms with E-state index < -0.39 is 0 Å². The molecule has 1 saturated heterocycles. The van der Waals surface area contributed by atoms with Crippen LogP contribution in [0, 0.1) is 27.6 Å². The Balaban J connectivity index is 0.00000211. The van der Waals surface area contributed by atoms with Crippen molar-refractivity contribution in [3.05, 3.63) is 0 Å². The van der Waals surface area contributed by atoms with Gasteiger partial charge in [-0.05, 0) is 29.1 Å². The molecule has 0 spiro atoms. The number of hydrogen-bond acceptors (Lipinski definition) is 3. The van der Waals surface area contributed by atoms with Gasteiger partial charge in [0, 0.05) is 23.5 Å². The van der Waals surface area contributed by atoms with Crippen molar-refractivity contribution in [2.75, 3.05) is 13.1 Å². The van der Waals surface area contributed by atoms with Gasteiger partial charge >= 0.3 is 0 Å². The van der Waals surface area contributed by atoms with Crippen LogP contribution >= 0.6 is 9.39 Å². The summed E-state index contributed by atoms with van der Waals surface area (Å²) < 4.78 is 14.9. The fourth-order valence-corrected chi connectivity index (χ4v) is 4.95. The van der Waals surface area contributed by atoms with Gasteiger partial charge in [0.05, 0.1) is 0 Å². The largest absolute Gasteiger partial charge is 0.286 e. The van der Waals surface area contributed by atoms with E-state index in [0.29, 0.717) is 0 Å². The standard InChI is InChI=1S/C15H30FN2OP.C2H6/c1-13(2)7-11(12(17)19-16)15(5,6)8-14(3,4)10-18(20)9-13;1-2/h11,17H,7-10,20H2,1-6H3;1-2H3. The Morgan fingerprint density at radius 1 is 1.09 bits per heavy atom. The van der Waals surface area contributed by atoms with E-state index in [9.17, 15) is 4.53 Å². The van der Waals surface area contributed by atoms with Gasteiger partial charge in [-0.15, -0.1) is 0 Å². The molecule has 5 heteroatoms. The third kappa shape index (κ3) is 6.50. The first-order valence-corrected chi connectivity index (χ1v) is 8.77. The van der Waals surface area contributed by atoms with Gasteiger partial charge in [-0.25, -0.2) is 0 Å². The molecule has 1 N–H and O–H groups in total. The van der Waals surface area contributed by atoms with Gasteiger partial charge in [0.1, 0.15) is 0 Å². The van der Waals surface area contributed by atoms with Gasteiger partial charge in [0.25, 0.3) is 0 Å². The van der Waals surface area contributed by atoms with Crippen LogP contribution in [0.2, 0.25) is 0 Å². The van der Waals surface area contributed by atoms with Gasteiger partial charge in [-0.3, -0.25) is 15.0 Å². The van der Waals surface area contributed by atoms with E-state index in [-0.39, 0.29) is 28.1 Å². The molecule has 1 aliphatic rings. The van der Waals surface area contributed by atoms with E-state index in [4.69, 9.17) is 5.41 Å². The van der Waals surface area contributed by atoms with Crippen LogP contribution in [0.15, 0.2) is 0 Å². The molecule has 0 aromatic rings. The molecule has 1 rings (SSSR count). The molecule has 1 heterocycles. The quantitative estimate of drug-likeness (QED) is 0.392. The number of halogens is 1. The Hall–Kier alpha value is -0.210. The second-order valence-corrected chi connectivity index (χ2v) is 9.33. The highest BCUT2D eigenvalue weighted by Gasteiger charge is 2.43. The molecule has 0 aromatic carbocycles. The summed E-state index contributed by atoms with van der Waals surface area (Å²) in [5.74, 6) is -0.422. The lowest BCUT2D eigenvalue weighted by atomic mass is 9.65. The predicted octanol–water partition coefficient (Wildman–Crippen LogP) is 5.47. The molecule has 1 fully saturated rings. The smallest absolute Gasteiger partial charge is 0.235 e. The van der Waals surface area contributed by atoms with Crippen LogP contribution in [-0.2, 0) is 4.94 Å². The van der Waals surface area contributed by atoms with Gasteiger partial charge in [-0.2, -0.15) is 0 Å². The third-order valence-corrected chi connectivity index (χ3v) is 4.66. The van der Waals surface area contributed by atoms with Crippen molar-refractivity contribution in [1.82, 2.24) is 4.67 Å². The monoisotopic (exact) mass is 334 g/mol. The maximum Gasteiger partial charge on any atom is 0.235 e. The van der Waals surface area contributed by atoms with Gasteiger partial charge in [0.2, 0.25) is 5.90 Å². The normalized spacial score (nSPS) is 27.5. The predicted molar refractivity (Wildman–Crippen MR) is 96.6 cm³/mol. The van der Waals surface area contributed by atoms with Gasteiger partial charge in [-0.1, -0.05) is 64.8 Å². The maximum atomic E-state index is 12.6. The number of hydrogen-bond donors (Lipinski definition) is 1. The zero-order valence-electron chi connectivity index (χ0n) is 15.7. The fourth-order valence-electron chi connectivity index (χ4n) is 3.96. The minimum atomic E-state index is -0.226. The van der Waals surface area contributed by atoms with E-state index in [2.05, 4.69) is 60.5 Å². The van der Waals surface area contributed by atoms with E-state index in [1.165, 1.54) is 0 Å². The second kappa shape index (κ2) is 8.06. The molecule has 0 bridgehead atoms. The second-order valence-electron chi connectivity index (χ2n) is 8.60. The zero-order valence-corrected chi connectivity index (χ0v) is 16.9. The molecule has 2 unspecified atom stereocenters. The number of nitrogens with one attached hydrogen (secondary N) is 1. The van der Waals surface area contributed by atoms with E-state index >= 15 is 0 Å². The number of rotatable bonds is 1. The van der Waals surface area contributed by atoms with Gasteiger partial charge < -0.3 is 0 Å². The molecule has 0 saturated carbocycles. The summed E-state index contributed by atoms with van der Waals surface area (Å²) in [5.41, 5.74) is -0.0464. The molecular formula is C17H36FN2OP. The summed E-state index contributed by atoms with van der Waals surface area (Å²) in [5, 5.41) is 7.87. The summed E-state index contributed by atoms with van der Waals surface area (Å²) in [4.78, 5) is 3.82. The highest BCUT2D eigenvalue weighted by atomic mass is 31.0. The molecule has 0 radical (unpaired) electrons. The minimum absolute atomic E-state index is 0.00887. The Bertz CT molecular complexity index is 370. The molecule has 22 heavy (non-hydrogen) atoms. The Morgan fingerprint density at radius 3 is 2.00 bits per heavy atom. The lowest BCUT2D eigenvalue weighted by Crippen LogP contribution is -2.37. The topological polar surface area (TPSA) is 36.3 Å². The fraction of sp³-hybridized carbons (Fsp3) is 0.941. The van der Waals surface area contributed by atoms with Crippen molar-refractivity contribution in [3.63, 3.8) is 0 Å². The number of nitrogens with zero attached hydrogens (tertiary/aromatic N) is 1. The van der Waals surface area contributed by atoms with Crippen molar-refractivity contribution in [3.8, 4) is 0 Å². The van der Waals surface area contributed by atoms with Crippen LogP contribution in [0.3, 0.4) is 0 Å². The highest BCUT2D eigenvalue weighted by molar-refractivity contribution is 7.13. The van der Waals surface area contributed by atoms with Crippen LogP contribution in [0.5, 0.6) is 0 Å². The van der Waals surface area contributed by atoms with Crippen LogP contribution in [0.4, 0.5) is 4.53 Å². The molecule has 132 valence electrons. The SMILES string of the molecule is CC.CC1(C)CC(C(=N)OF)C(C)(C)CC(C)(C)CN(P)C1. The molecule has 0 aromatic heterocycles. The Kier molecular flexibility index (Phi) is 7.98.